The van der Waals surface area contributed by atoms with Crippen LogP contribution in [-0.4, -0.2) is 9.78 Å². The number of nitrogens with one attached hydrogen (secondary N) is 1. The molecule has 0 saturated heterocycles. The van der Waals surface area contributed by atoms with Gasteiger partial charge in [0.2, 0.25) is 0 Å². The first-order chi connectivity index (χ1) is 8.58. The van der Waals surface area contributed by atoms with E-state index in [0.717, 1.165) is 22.9 Å². The van der Waals surface area contributed by atoms with E-state index in [1.807, 2.05) is 6.07 Å². The molecule has 90 valence electrons. The Hall–Kier alpha value is -2.68. The van der Waals surface area contributed by atoms with Crippen LogP contribution in [0.3, 0.4) is 0 Å². The Balaban J connectivity index is 2.43. The van der Waals surface area contributed by atoms with Crippen LogP contribution in [0, 0.1) is 17.1 Å². The van der Waals surface area contributed by atoms with E-state index < -0.39 is 16.9 Å². The molecule has 0 unspecified atom stereocenters. The van der Waals surface area contributed by atoms with Gasteiger partial charge in [0.15, 0.2) is 0 Å². The number of nitrogens with zero attached hydrogens (tertiary/aromatic N) is 2. The standard InChI is InChI=1S/C12H8FN3O2/c13-10-4-8(6-14)3-9(5-10)7-16-12(18)2-1-11(17)15-16/h1-5H,7H2,(H,15,17). The first-order valence-corrected chi connectivity index (χ1v) is 5.08. The van der Waals surface area contributed by atoms with E-state index in [1.54, 1.807) is 0 Å². The summed E-state index contributed by atoms with van der Waals surface area (Å²) < 4.78 is 14.2. The number of hydrogen-bond donors (Lipinski definition) is 1. The minimum atomic E-state index is -0.560. The molecule has 0 amide bonds. The monoisotopic (exact) mass is 245 g/mol. The molecule has 0 fully saturated rings. The number of H-pyrrole nitrogens is 1. The highest BCUT2D eigenvalue weighted by atomic mass is 19.1. The number of rotatable bonds is 2. The second-order valence-electron chi connectivity index (χ2n) is 3.69. The quantitative estimate of drug-likeness (QED) is 0.841. The van der Waals surface area contributed by atoms with Gasteiger partial charge in [-0.25, -0.2) is 9.07 Å². The van der Waals surface area contributed by atoms with Crippen molar-refractivity contribution in [3.8, 4) is 6.07 Å². The molecule has 0 aliphatic heterocycles. The SMILES string of the molecule is N#Cc1cc(F)cc(Cn2[nH]c(=O)ccc2=O)c1. The topological polar surface area (TPSA) is 78.7 Å². The van der Waals surface area contributed by atoms with Gasteiger partial charge in [-0.05, 0) is 23.8 Å². The second kappa shape index (κ2) is 4.67. The van der Waals surface area contributed by atoms with Crippen molar-refractivity contribution in [1.29, 1.82) is 5.26 Å². The summed E-state index contributed by atoms with van der Waals surface area (Å²) in [7, 11) is 0. The Morgan fingerprint density at radius 3 is 2.78 bits per heavy atom. The van der Waals surface area contributed by atoms with E-state index in [9.17, 15) is 14.0 Å². The van der Waals surface area contributed by atoms with E-state index in [0.29, 0.717) is 5.56 Å². The van der Waals surface area contributed by atoms with Gasteiger partial charge in [-0.15, -0.1) is 0 Å². The fraction of sp³-hybridized carbons (Fsp3) is 0.0833. The molecule has 0 spiro atoms. The maximum atomic E-state index is 13.2. The van der Waals surface area contributed by atoms with Gasteiger partial charge < -0.3 is 0 Å². The molecule has 0 aliphatic carbocycles. The highest BCUT2D eigenvalue weighted by Crippen LogP contribution is 2.08. The zero-order chi connectivity index (χ0) is 13.1. The summed E-state index contributed by atoms with van der Waals surface area (Å²) in [5, 5.41) is 11.0. The number of benzene rings is 1. The molecule has 1 N–H and O–H groups in total. The predicted molar refractivity (Wildman–Crippen MR) is 61.5 cm³/mol. The Morgan fingerprint density at radius 1 is 1.28 bits per heavy atom. The molecular weight excluding hydrogens is 237 g/mol. The smallest absolute Gasteiger partial charge is 0.265 e. The van der Waals surface area contributed by atoms with Crippen LogP contribution in [0.4, 0.5) is 4.39 Å². The van der Waals surface area contributed by atoms with E-state index in [2.05, 4.69) is 5.10 Å². The van der Waals surface area contributed by atoms with Gasteiger partial charge >= 0.3 is 0 Å². The molecule has 1 aromatic carbocycles. The molecule has 2 rings (SSSR count). The Morgan fingerprint density at radius 2 is 2.06 bits per heavy atom. The Kier molecular flexibility index (Phi) is 3.06. The molecule has 0 radical (unpaired) electrons. The molecule has 0 aliphatic rings. The van der Waals surface area contributed by atoms with Crippen LogP contribution >= 0.6 is 0 Å². The van der Waals surface area contributed by atoms with Crippen LogP contribution in [0.2, 0.25) is 0 Å². The Labute approximate surface area is 101 Å². The number of nitriles is 1. The lowest BCUT2D eigenvalue weighted by atomic mass is 10.1. The average molecular weight is 245 g/mol. The van der Waals surface area contributed by atoms with Crippen LogP contribution in [-0.2, 0) is 6.54 Å². The zero-order valence-electron chi connectivity index (χ0n) is 9.18. The molecular formula is C12H8FN3O2. The van der Waals surface area contributed by atoms with Crippen molar-refractivity contribution in [1.82, 2.24) is 9.78 Å². The lowest BCUT2D eigenvalue weighted by molar-refractivity contribution is 0.605. The van der Waals surface area contributed by atoms with E-state index >= 15 is 0 Å². The van der Waals surface area contributed by atoms with E-state index in [4.69, 9.17) is 5.26 Å². The van der Waals surface area contributed by atoms with Crippen molar-refractivity contribution in [2.24, 2.45) is 0 Å². The first kappa shape index (κ1) is 11.8. The summed E-state index contributed by atoms with van der Waals surface area (Å²) in [5.74, 6) is -0.560. The molecule has 2 aromatic rings. The molecule has 1 aromatic heterocycles. The number of hydrogen-bond acceptors (Lipinski definition) is 3. The summed E-state index contributed by atoms with van der Waals surface area (Å²) >= 11 is 0. The summed E-state index contributed by atoms with van der Waals surface area (Å²) in [6, 6.07) is 7.83. The average Bonchev–Trinajstić information content (AvgIpc) is 2.33. The maximum absolute atomic E-state index is 13.2. The minimum absolute atomic E-state index is 0.00134. The van der Waals surface area contributed by atoms with E-state index in [1.165, 1.54) is 12.1 Å². The van der Waals surface area contributed by atoms with Gasteiger partial charge in [0.1, 0.15) is 5.82 Å². The molecule has 6 heteroatoms. The third kappa shape index (κ3) is 2.52. The number of aromatic nitrogens is 2. The van der Waals surface area contributed by atoms with Gasteiger partial charge in [-0.1, -0.05) is 0 Å². The van der Waals surface area contributed by atoms with E-state index in [-0.39, 0.29) is 12.1 Å². The van der Waals surface area contributed by atoms with Gasteiger partial charge in [0.25, 0.3) is 11.1 Å². The van der Waals surface area contributed by atoms with Crippen LogP contribution < -0.4 is 11.1 Å². The highest BCUT2D eigenvalue weighted by molar-refractivity contribution is 5.33. The predicted octanol–water partition coefficient (Wildman–Crippen LogP) is 0.596. The van der Waals surface area contributed by atoms with Crippen molar-refractivity contribution in [3.63, 3.8) is 0 Å². The lowest BCUT2D eigenvalue weighted by Gasteiger charge is -2.05. The Bertz CT molecular complexity index is 740. The van der Waals surface area contributed by atoms with Crippen LogP contribution in [0.25, 0.3) is 0 Å². The molecule has 0 saturated carbocycles. The van der Waals surface area contributed by atoms with Crippen molar-refractivity contribution < 1.29 is 4.39 Å². The number of aromatic amines is 1. The summed E-state index contributed by atoms with van der Waals surface area (Å²) in [6.45, 7) is 0.00134. The van der Waals surface area contributed by atoms with Crippen LogP contribution in [0.5, 0.6) is 0 Å². The largest absolute Gasteiger partial charge is 0.268 e. The van der Waals surface area contributed by atoms with Crippen molar-refractivity contribution >= 4 is 0 Å². The molecule has 18 heavy (non-hydrogen) atoms. The van der Waals surface area contributed by atoms with Crippen molar-refractivity contribution in [2.75, 3.05) is 0 Å². The first-order valence-electron chi connectivity index (χ1n) is 5.08. The fourth-order valence-electron chi connectivity index (χ4n) is 1.57. The highest BCUT2D eigenvalue weighted by Gasteiger charge is 2.03. The summed E-state index contributed by atoms with van der Waals surface area (Å²) in [6.07, 6.45) is 0. The normalized spacial score (nSPS) is 10.0. The zero-order valence-corrected chi connectivity index (χ0v) is 9.18. The van der Waals surface area contributed by atoms with Crippen LogP contribution in [0.1, 0.15) is 11.1 Å². The van der Waals surface area contributed by atoms with Crippen LogP contribution in [0.15, 0.2) is 39.9 Å². The van der Waals surface area contributed by atoms with Gasteiger partial charge in [0.05, 0.1) is 18.2 Å². The fourth-order valence-corrected chi connectivity index (χ4v) is 1.57. The molecule has 5 nitrogen and oxygen atoms in total. The van der Waals surface area contributed by atoms with Gasteiger partial charge in [-0.3, -0.25) is 14.7 Å². The van der Waals surface area contributed by atoms with Crippen molar-refractivity contribution in [3.05, 3.63) is 68.0 Å². The molecule has 0 atom stereocenters. The van der Waals surface area contributed by atoms with Gasteiger partial charge in [0, 0.05) is 12.1 Å². The second-order valence-corrected chi connectivity index (χ2v) is 3.69. The third-order valence-electron chi connectivity index (χ3n) is 2.32. The summed E-state index contributed by atoms with van der Waals surface area (Å²) in [4.78, 5) is 22.5. The summed E-state index contributed by atoms with van der Waals surface area (Å²) in [5.41, 5.74) is -0.240. The molecule has 0 bridgehead atoms. The van der Waals surface area contributed by atoms with Crippen molar-refractivity contribution in [2.45, 2.75) is 6.54 Å². The lowest BCUT2D eigenvalue weighted by Crippen LogP contribution is -2.28. The molecule has 1 heterocycles. The third-order valence-corrected chi connectivity index (χ3v) is 2.32. The number of halogens is 1. The minimum Gasteiger partial charge on any atom is -0.268 e. The van der Waals surface area contributed by atoms with Gasteiger partial charge in [-0.2, -0.15) is 5.26 Å². The maximum Gasteiger partial charge on any atom is 0.265 e.